The van der Waals surface area contributed by atoms with Gasteiger partial charge in [0.15, 0.2) is 0 Å². The van der Waals surface area contributed by atoms with Gasteiger partial charge in [0.25, 0.3) is 0 Å². The summed E-state index contributed by atoms with van der Waals surface area (Å²) in [6.45, 7) is 4.17. The molecule has 3 unspecified atom stereocenters. The van der Waals surface area contributed by atoms with Crippen LogP contribution in [0.3, 0.4) is 0 Å². The summed E-state index contributed by atoms with van der Waals surface area (Å²) in [6, 6.07) is 7.01. The zero-order chi connectivity index (χ0) is 12.4. The fourth-order valence-electron chi connectivity index (χ4n) is 2.01. The largest absolute Gasteiger partial charge is 0.327 e. The molecule has 1 aromatic rings. The van der Waals surface area contributed by atoms with Crippen molar-refractivity contribution in [2.75, 3.05) is 5.75 Å². The molecule has 0 saturated heterocycles. The number of nitrogens with two attached hydrogens (primary N) is 1. The van der Waals surface area contributed by atoms with E-state index in [0.29, 0.717) is 12.1 Å². The molecule has 0 radical (unpaired) electrons. The third-order valence-corrected chi connectivity index (χ3v) is 4.62. The van der Waals surface area contributed by atoms with Crippen LogP contribution in [-0.2, 0) is 0 Å². The fourth-order valence-corrected chi connectivity index (χ4v) is 3.29. The normalized spacial score (nSPS) is 22.9. The second kappa shape index (κ2) is 5.61. The van der Waals surface area contributed by atoms with Crippen LogP contribution in [0.2, 0.25) is 5.02 Å². The molecule has 4 heteroatoms. The van der Waals surface area contributed by atoms with Gasteiger partial charge in [-0.2, -0.15) is 0 Å². The van der Waals surface area contributed by atoms with Crippen molar-refractivity contribution in [1.29, 1.82) is 0 Å². The van der Waals surface area contributed by atoms with Gasteiger partial charge < -0.3 is 11.1 Å². The van der Waals surface area contributed by atoms with Gasteiger partial charge in [-0.1, -0.05) is 11.6 Å². The highest BCUT2D eigenvalue weighted by molar-refractivity contribution is 7.99. The summed E-state index contributed by atoms with van der Waals surface area (Å²) >= 11 is 7.99. The Kier molecular flexibility index (Phi) is 4.36. The quantitative estimate of drug-likeness (QED) is 0.886. The standard InChI is InChI=1S/C13H19ClN2S/c1-8(15)9(2)16-12-5-6-17-13-4-3-10(14)7-11(12)13/h3-4,7-9,12,16H,5-6,15H2,1-2H3. The lowest BCUT2D eigenvalue weighted by atomic mass is 10.0. The molecular weight excluding hydrogens is 252 g/mol. The van der Waals surface area contributed by atoms with Gasteiger partial charge in [-0.15, -0.1) is 11.8 Å². The monoisotopic (exact) mass is 270 g/mol. The lowest BCUT2D eigenvalue weighted by Gasteiger charge is -2.30. The van der Waals surface area contributed by atoms with Crippen LogP contribution < -0.4 is 11.1 Å². The van der Waals surface area contributed by atoms with Crippen molar-refractivity contribution in [2.45, 2.75) is 43.3 Å². The van der Waals surface area contributed by atoms with Crippen molar-refractivity contribution in [1.82, 2.24) is 5.32 Å². The minimum absolute atomic E-state index is 0.159. The van der Waals surface area contributed by atoms with Crippen molar-refractivity contribution >= 4 is 23.4 Å². The molecule has 0 amide bonds. The first-order chi connectivity index (χ1) is 8.08. The Morgan fingerprint density at radius 1 is 1.47 bits per heavy atom. The molecule has 17 heavy (non-hydrogen) atoms. The van der Waals surface area contributed by atoms with Crippen LogP contribution >= 0.6 is 23.4 Å². The molecule has 0 spiro atoms. The van der Waals surface area contributed by atoms with Crippen LogP contribution in [0.5, 0.6) is 0 Å². The molecule has 0 aromatic heterocycles. The fraction of sp³-hybridized carbons (Fsp3) is 0.538. The van der Waals surface area contributed by atoms with E-state index in [1.54, 1.807) is 0 Å². The molecular formula is C13H19ClN2S. The molecule has 2 nitrogen and oxygen atoms in total. The van der Waals surface area contributed by atoms with E-state index < -0.39 is 0 Å². The zero-order valence-electron chi connectivity index (χ0n) is 10.2. The summed E-state index contributed by atoms with van der Waals surface area (Å²) < 4.78 is 0. The Labute approximate surface area is 112 Å². The molecule has 0 bridgehead atoms. The predicted octanol–water partition coefficient (Wildman–Crippen LogP) is 3.20. The van der Waals surface area contributed by atoms with Gasteiger partial charge in [0.05, 0.1) is 0 Å². The van der Waals surface area contributed by atoms with Crippen LogP contribution in [0.15, 0.2) is 23.1 Å². The van der Waals surface area contributed by atoms with Crippen LogP contribution in [0.1, 0.15) is 31.9 Å². The molecule has 94 valence electrons. The SMILES string of the molecule is CC(N)C(C)NC1CCSc2ccc(Cl)cc21. The molecule has 3 N–H and O–H groups in total. The number of halogens is 1. The number of benzene rings is 1. The Morgan fingerprint density at radius 3 is 2.94 bits per heavy atom. The Morgan fingerprint density at radius 2 is 2.24 bits per heavy atom. The molecule has 1 aliphatic rings. The molecule has 3 atom stereocenters. The predicted molar refractivity (Wildman–Crippen MR) is 75.8 cm³/mol. The van der Waals surface area contributed by atoms with Gasteiger partial charge in [-0.05, 0) is 49.8 Å². The van der Waals surface area contributed by atoms with E-state index in [-0.39, 0.29) is 6.04 Å². The lowest BCUT2D eigenvalue weighted by molar-refractivity contribution is 0.401. The number of nitrogens with one attached hydrogen (secondary N) is 1. The van der Waals surface area contributed by atoms with E-state index in [0.717, 1.165) is 17.2 Å². The first-order valence-corrected chi connectivity index (χ1v) is 7.38. The molecule has 1 aliphatic heterocycles. The molecule has 0 saturated carbocycles. The van der Waals surface area contributed by atoms with Crippen LogP contribution in [0.25, 0.3) is 0 Å². The van der Waals surface area contributed by atoms with Gasteiger partial charge in [-0.25, -0.2) is 0 Å². The third kappa shape index (κ3) is 3.16. The van der Waals surface area contributed by atoms with E-state index in [1.807, 2.05) is 24.8 Å². The number of rotatable bonds is 3. The maximum atomic E-state index is 6.08. The van der Waals surface area contributed by atoms with Crippen molar-refractivity contribution in [3.63, 3.8) is 0 Å². The Hall–Kier alpha value is -0.220. The summed E-state index contributed by atoms with van der Waals surface area (Å²) in [5.41, 5.74) is 7.23. The van der Waals surface area contributed by atoms with Gasteiger partial charge in [-0.3, -0.25) is 0 Å². The van der Waals surface area contributed by atoms with Crippen molar-refractivity contribution in [2.24, 2.45) is 5.73 Å². The second-order valence-corrected chi connectivity index (χ2v) is 6.26. The Balaban J connectivity index is 2.19. The van der Waals surface area contributed by atoms with Gasteiger partial charge in [0.1, 0.15) is 0 Å². The highest BCUT2D eigenvalue weighted by Gasteiger charge is 2.23. The van der Waals surface area contributed by atoms with Crippen molar-refractivity contribution in [3.8, 4) is 0 Å². The second-order valence-electron chi connectivity index (χ2n) is 4.69. The number of fused-ring (bicyclic) bond motifs is 1. The number of hydrogen-bond donors (Lipinski definition) is 2. The Bertz CT molecular complexity index is 395. The molecule has 1 heterocycles. The van der Waals surface area contributed by atoms with Gasteiger partial charge >= 0.3 is 0 Å². The molecule has 0 aliphatic carbocycles. The van der Waals surface area contributed by atoms with E-state index in [4.69, 9.17) is 17.3 Å². The van der Waals surface area contributed by atoms with Crippen molar-refractivity contribution < 1.29 is 0 Å². The smallest absolute Gasteiger partial charge is 0.0410 e. The first-order valence-electron chi connectivity index (χ1n) is 6.02. The lowest BCUT2D eigenvalue weighted by Crippen LogP contribution is -2.43. The summed E-state index contributed by atoms with van der Waals surface area (Å²) in [6.07, 6.45) is 1.13. The number of hydrogen-bond acceptors (Lipinski definition) is 3. The molecule has 2 rings (SSSR count). The van der Waals surface area contributed by atoms with E-state index in [9.17, 15) is 0 Å². The summed E-state index contributed by atoms with van der Waals surface area (Å²) in [7, 11) is 0. The van der Waals surface area contributed by atoms with E-state index in [2.05, 4.69) is 24.4 Å². The van der Waals surface area contributed by atoms with Crippen molar-refractivity contribution in [3.05, 3.63) is 28.8 Å². The van der Waals surface area contributed by atoms with Crippen LogP contribution in [0.4, 0.5) is 0 Å². The van der Waals surface area contributed by atoms with Gasteiger partial charge in [0.2, 0.25) is 0 Å². The summed E-state index contributed by atoms with van der Waals surface area (Å²) in [5, 5.41) is 4.42. The first kappa shape index (κ1) is 13.2. The van der Waals surface area contributed by atoms with Gasteiger partial charge in [0, 0.05) is 28.0 Å². The minimum atomic E-state index is 0.159. The average Bonchev–Trinajstić information content (AvgIpc) is 2.29. The maximum Gasteiger partial charge on any atom is 0.0410 e. The van der Waals surface area contributed by atoms with E-state index in [1.165, 1.54) is 10.5 Å². The zero-order valence-corrected chi connectivity index (χ0v) is 11.8. The maximum absolute atomic E-state index is 6.08. The summed E-state index contributed by atoms with van der Waals surface area (Å²) in [5.74, 6) is 1.15. The summed E-state index contributed by atoms with van der Waals surface area (Å²) in [4.78, 5) is 1.34. The number of thioether (sulfide) groups is 1. The van der Waals surface area contributed by atoms with E-state index >= 15 is 0 Å². The van der Waals surface area contributed by atoms with Crippen LogP contribution in [-0.4, -0.2) is 17.8 Å². The minimum Gasteiger partial charge on any atom is -0.327 e. The molecule has 1 aromatic carbocycles. The average molecular weight is 271 g/mol. The highest BCUT2D eigenvalue weighted by atomic mass is 35.5. The van der Waals surface area contributed by atoms with Crippen LogP contribution in [0, 0.1) is 0 Å². The third-order valence-electron chi connectivity index (χ3n) is 3.26. The highest BCUT2D eigenvalue weighted by Crippen LogP contribution is 2.37. The topological polar surface area (TPSA) is 38.0 Å². The molecule has 0 fully saturated rings.